The van der Waals surface area contributed by atoms with Crippen LogP contribution in [0.25, 0.3) is 22.2 Å². The van der Waals surface area contributed by atoms with Gasteiger partial charge in [0.1, 0.15) is 12.4 Å². The molecule has 0 unspecified atom stereocenters. The average Bonchev–Trinajstić information content (AvgIpc) is 3.36. The van der Waals surface area contributed by atoms with Crippen molar-refractivity contribution in [3.05, 3.63) is 107 Å². The van der Waals surface area contributed by atoms with Crippen LogP contribution in [0.2, 0.25) is 0 Å². The van der Waals surface area contributed by atoms with Crippen LogP contribution in [-0.2, 0) is 16.1 Å². The molecule has 6 nitrogen and oxygen atoms in total. The molecule has 0 saturated heterocycles. The number of esters is 1. The number of amides is 1. The molecule has 0 aliphatic rings. The topological polar surface area (TPSA) is 72.4 Å². The van der Waals surface area contributed by atoms with Crippen molar-refractivity contribution >= 4 is 44.9 Å². The molecule has 2 heterocycles. The van der Waals surface area contributed by atoms with Crippen molar-refractivity contribution in [2.45, 2.75) is 13.5 Å². The predicted octanol–water partition coefficient (Wildman–Crippen LogP) is 6.54. The van der Waals surface area contributed by atoms with E-state index in [4.69, 9.17) is 4.74 Å². The van der Waals surface area contributed by atoms with Gasteiger partial charge in [0.2, 0.25) is 5.91 Å². The lowest BCUT2D eigenvalue weighted by atomic mass is 10.0. The van der Waals surface area contributed by atoms with E-state index in [0.717, 1.165) is 0 Å². The summed E-state index contributed by atoms with van der Waals surface area (Å²) >= 11 is 1.29. The molecular weight excluding hydrogens is 477 g/mol. The number of ether oxygens (including phenoxy) is 1. The van der Waals surface area contributed by atoms with Crippen molar-refractivity contribution in [1.29, 1.82) is 0 Å². The smallest absolute Gasteiger partial charge is 0.339 e. The zero-order chi connectivity index (χ0) is 25.1. The Morgan fingerprint density at radius 2 is 1.67 bits per heavy atom. The maximum atomic E-state index is 13.4. The Balaban J connectivity index is 1.39. The van der Waals surface area contributed by atoms with Gasteiger partial charge in [-0.1, -0.05) is 36.4 Å². The van der Waals surface area contributed by atoms with Crippen molar-refractivity contribution in [1.82, 2.24) is 9.97 Å². The van der Waals surface area contributed by atoms with E-state index >= 15 is 0 Å². The van der Waals surface area contributed by atoms with E-state index in [9.17, 15) is 14.0 Å². The van der Waals surface area contributed by atoms with Gasteiger partial charge in [-0.05, 0) is 48.5 Å². The predicted molar refractivity (Wildman–Crippen MR) is 138 cm³/mol. The van der Waals surface area contributed by atoms with E-state index in [1.165, 1.54) is 35.3 Å². The molecule has 2 aromatic heterocycles. The number of fused-ring (bicyclic) bond motifs is 1. The first-order valence-electron chi connectivity index (χ1n) is 11.1. The molecule has 178 valence electrons. The highest BCUT2D eigenvalue weighted by Gasteiger charge is 2.19. The first kappa shape index (κ1) is 23.3. The fraction of sp³-hybridized carbons (Fsp3) is 0.0714. The van der Waals surface area contributed by atoms with Gasteiger partial charge in [0.25, 0.3) is 0 Å². The number of rotatable bonds is 6. The molecule has 0 fully saturated rings. The third-order valence-corrected chi connectivity index (χ3v) is 6.36. The fourth-order valence-corrected chi connectivity index (χ4v) is 4.67. The highest BCUT2D eigenvalue weighted by atomic mass is 32.1. The van der Waals surface area contributed by atoms with Gasteiger partial charge < -0.3 is 4.74 Å². The van der Waals surface area contributed by atoms with Crippen LogP contribution in [0.5, 0.6) is 0 Å². The van der Waals surface area contributed by atoms with E-state index in [-0.39, 0.29) is 18.3 Å². The zero-order valence-corrected chi connectivity index (χ0v) is 20.0. The first-order valence-corrected chi connectivity index (χ1v) is 12.0. The number of pyridine rings is 1. The Kier molecular flexibility index (Phi) is 6.51. The van der Waals surface area contributed by atoms with Crippen LogP contribution in [0.1, 0.15) is 23.0 Å². The van der Waals surface area contributed by atoms with E-state index in [0.29, 0.717) is 44.2 Å². The van der Waals surface area contributed by atoms with Gasteiger partial charge in [0.05, 0.1) is 28.2 Å². The number of nitrogens with zero attached hydrogens (tertiary/aromatic N) is 3. The summed E-state index contributed by atoms with van der Waals surface area (Å²) in [4.78, 5) is 36.1. The molecule has 0 aliphatic heterocycles. The van der Waals surface area contributed by atoms with Gasteiger partial charge in [-0.25, -0.2) is 19.2 Å². The number of aromatic nitrogens is 2. The van der Waals surface area contributed by atoms with Crippen LogP contribution in [0, 0.1) is 5.82 Å². The number of para-hydroxylation sites is 2. The molecule has 1 amide bonds. The Labute approximate surface area is 210 Å². The highest BCUT2D eigenvalue weighted by Crippen LogP contribution is 2.30. The summed E-state index contributed by atoms with van der Waals surface area (Å²) in [7, 11) is 0. The summed E-state index contributed by atoms with van der Waals surface area (Å²) in [5, 5.41) is 2.91. The molecule has 0 atom stereocenters. The summed E-state index contributed by atoms with van der Waals surface area (Å²) in [6.07, 6.45) is 0. The third kappa shape index (κ3) is 4.85. The molecule has 0 bridgehead atoms. The largest absolute Gasteiger partial charge is 0.456 e. The molecule has 0 spiro atoms. The summed E-state index contributed by atoms with van der Waals surface area (Å²) in [5.74, 6) is -1.05. The first-order chi connectivity index (χ1) is 17.5. The molecule has 5 rings (SSSR count). The number of carbonyl (C=O) groups excluding carboxylic acids is 2. The number of anilines is 2. The molecule has 36 heavy (non-hydrogen) atoms. The lowest BCUT2D eigenvalue weighted by Crippen LogP contribution is -2.22. The van der Waals surface area contributed by atoms with Crippen LogP contribution >= 0.6 is 11.3 Å². The SMILES string of the molecule is CC(=O)N(c1ccccc1)c1nc(COC(=O)c2cc(-c3ccc(F)cc3)nc3ccccc23)cs1. The third-order valence-electron chi connectivity index (χ3n) is 5.49. The fourth-order valence-electron chi connectivity index (χ4n) is 3.80. The minimum Gasteiger partial charge on any atom is -0.456 e. The number of halogens is 1. The van der Waals surface area contributed by atoms with Gasteiger partial charge in [-0.15, -0.1) is 11.3 Å². The van der Waals surface area contributed by atoms with Crippen molar-refractivity contribution < 1.29 is 18.7 Å². The van der Waals surface area contributed by atoms with Gasteiger partial charge >= 0.3 is 5.97 Å². The molecule has 0 saturated carbocycles. The van der Waals surface area contributed by atoms with Crippen molar-refractivity contribution in [2.75, 3.05) is 4.90 Å². The summed E-state index contributed by atoms with van der Waals surface area (Å²) in [5.41, 5.74) is 3.44. The van der Waals surface area contributed by atoms with Gasteiger partial charge in [0.15, 0.2) is 5.13 Å². The maximum Gasteiger partial charge on any atom is 0.339 e. The number of thiazole rings is 1. The standard InChI is InChI=1S/C28H20FN3O3S/c1-18(33)32(22-7-3-2-4-8-22)28-30-21(17-36-28)16-35-27(34)24-15-26(19-11-13-20(29)14-12-19)31-25-10-6-5-9-23(24)25/h2-15,17H,16H2,1H3. The quantitative estimate of drug-likeness (QED) is 0.249. The molecule has 0 N–H and O–H groups in total. The van der Waals surface area contributed by atoms with Gasteiger partial charge in [-0.2, -0.15) is 0 Å². The monoisotopic (exact) mass is 497 g/mol. The van der Waals surface area contributed by atoms with Crippen LogP contribution < -0.4 is 4.90 Å². The van der Waals surface area contributed by atoms with Gasteiger partial charge in [-0.3, -0.25) is 9.69 Å². The van der Waals surface area contributed by atoms with Crippen molar-refractivity contribution in [2.24, 2.45) is 0 Å². The lowest BCUT2D eigenvalue weighted by molar-refractivity contribution is -0.115. The second-order valence-corrected chi connectivity index (χ2v) is 8.80. The van der Waals surface area contributed by atoms with Crippen LogP contribution in [0.3, 0.4) is 0 Å². The number of hydrogen-bond donors (Lipinski definition) is 0. The molecule has 0 aliphatic carbocycles. The normalized spacial score (nSPS) is 10.8. The second kappa shape index (κ2) is 10.1. The van der Waals surface area contributed by atoms with Gasteiger partial charge in [0, 0.05) is 23.3 Å². The highest BCUT2D eigenvalue weighted by molar-refractivity contribution is 7.14. The molecule has 3 aromatic carbocycles. The summed E-state index contributed by atoms with van der Waals surface area (Å²) in [6, 6.07) is 24.1. The summed E-state index contributed by atoms with van der Waals surface area (Å²) in [6.45, 7) is 1.42. The number of carbonyl (C=O) groups is 2. The maximum absolute atomic E-state index is 13.4. The van der Waals surface area contributed by atoms with E-state index in [1.54, 1.807) is 29.6 Å². The minimum atomic E-state index is -0.530. The minimum absolute atomic E-state index is 0.0571. The number of benzene rings is 3. The van der Waals surface area contributed by atoms with Crippen LogP contribution in [0.4, 0.5) is 15.2 Å². The molecular formula is C28H20FN3O3S. The van der Waals surface area contributed by atoms with E-state index in [2.05, 4.69) is 9.97 Å². The average molecular weight is 498 g/mol. The Morgan fingerprint density at radius 1 is 0.944 bits per heavy atom. The Morgan fingerprint density at radius 3 is 2.42 bits per heavy atom. The summed E-state index contributed by atoms with van der Waals surface area (Å²) < 4.78 is 19.0. The Hall–Kier alpha value is -4.43. The lowest BCUT2D eigenvalue weighted by Gasteiger charge is -2.17. The second-order valence-electron chi connectivity index (χ2n) is 7.97. The van der Waals surface area contributed by atoms with E-state index < -0.39 is 5.97 Å². The Bertz CT molecular complexity index is 1550. The molecule has 0 radical (unpaired) electrons. The molecule has 5 aromatic rings. The van der Waals surface area contributed by atoms with E-state index in [1.807, 2.05) is 48.5 Å². The zero-order valence-electron chi connectivity index (χ0n) is 19.2. The molecule has 8 heteroatoms. The van der Waals surface area contributed by atoms with Crippen molar-refractivity contribution in [3.8, 4) is 11.3 Å². The number of hydrogen-bond acceptors (Lipinski definition) is 6. The van der Waals surface area contributed by atoms with Crippen LogP contribution in [0.15, 0.2) is 90.3 Å². The van der Waals surface area contributed by atoms with Crippen LogP contribution in [-0.4, -0.2) is 21.8 Å². The van der Waals surface area contributed by atoms with Crippen molar-refractivity contribution in [3.63, 3.8) is 0 Å².